The Morgan fingerprint density at radius 3 is 2.04 bits per heavy atom. The molecule has 1 atom stereocenters. The van der Waals surface area contributed by atoms with Crippen molar-refractivity contribution in [3.63, 3.8) is 0 Å². The molecule has 1 fully saturated rings. The zero-order chi connectivity index (χ0) is 16.2. The number of esters is 1. The normalized spacial score (nSPS) is 17.6. The van der Waals surface area contributed by atoms with Crippen LogP contribution in [0.5, 0.6) is 0 Å². The molecule has 1 aliphatic rings. The summed E-state index contributed by atoms with van der Waals surface area (Å²) in [5, 5.41) is 0. The quantitative estimate of drug-likeness (QED) is 0.816. The Morgan fingerprint density at radius 1 is 1.04 bits per heavy atom. The number of ether oxygens (including phenoxy) is 1. The fraction of sp³-hybridized carbons (Fsp3) is 0.263. The Bertz CT molecular complexity index is 645. The number of benzene rings is 2. The minimum absolute atomic E-state index is 0.0156. The van der Waals surface area contributed by atoms with Crippen molar-refractivity contribution < 1.29 is 14.3 Å². The number of likely N-dealkylation sites (tertiary alicyclic amines) is 1. The molecule has 0 bridgehead atoms. The molecule has 1 saturated heterocycles. The first-order valence-corrected chi connectivity index (χ1v) is 7.71. The van der Waals surface area contributed by atoms with Crippen LogP contribution in [0, 0.1) is 0 Å². The highest BCUT2D eigenvalue weighted by molar-refractivity contribution is 5.88. The Labute approximate surface area is 135 Å². The fourth-order valence-electron chi connectivity index (χ4n) is 3.18. The third-order valence-corrected chi connectivity index (χ3v) is 4.24. The molecule has 0 N–H and O–H groups in total. The second kappa shape index (κ2) is 6.65. The molecule has 1 heterocycles. The summed E-state index contributed by atoms with van der Waals surface area (Å²) < 4.78 is 4.90. The highest BCUT2D eigenvalue weighted by Gasteiger charge is 2.41. The summed E-state index contributed by atoms with van der Waals surface area (Å²) in [6, 6.07) is 18.8. The van der Waals surface area contributed by atoms with E-state index >= 15 is 0 Å². The molecule has 0 saturated carbocycles. The average Bonchev–Trinajstić information content (AvgIpc) is 2.98. The summed E-state index contributed by atoms with van der Waals surface area (Å²) in [6.45, 7) is 0. The van der Waals surface area contributed by atoms with Crippen molar-refractivity contribution in [3.8, 4) is 0 Å². The molecule has 23 heavy (non-hydrogen) atoms. The fourth-order valence-corrected chi connectivity index (χ4v) is 3.18. The second-order valence-corrected chi connectivity index (χ2v) is 5.60. The summed E-state index contributed by atoms with van der Waals surface area (Å²) in [7, 11) is 1.36. The average molecular weight is 309 g/mol. The van der Waals surface area contributed by atoms with E-state index in [0.29, 0.717) is 12.8 Å². The van der Waals surface area contributed by atoms with Crippen LogP contribution in [0.15, 0.2) is 60.7 Å². The van der Waals surface area contributed by atoms with Crippen LogP contribution in [0.1, 0.15) is 30.0 Å². The third-order valence-electron chi connectivity index (χ3n) is 4.24. The molecule has 2 aromatic carbocycles. The first-order valence-electron chi connectivity index (χ1n) is 7.71. The number of rotatable bonds is 4. The van der Waals surface area contributed by atoms with Crippen molar-refractivity contribution in [2.45, 2.75) is 24.9 Å². The standard InChI is InChI=1S/C19H19NO3/c1-23-19(22)16-12-13-17(21)20(16)18(14-8-4-2-5-9-14)15-10-6-3-7-11-15/h2-11,16,18H,12-13H2,1H3. The number of amides is 1. The second-order valence-electron chi connectivity index (χ2n) is 5.60. The lowest BCUT2D eigenvalue weighted by Crippen LogP contribution is -2.42. The number of hydrogen-bond donors (Lipinski definition) is 0. The van der Waals surface area contributed by atoms with Gasteiger partial charge in [-0.25, -0.2) is 4.79 Å². The van der Waals surface area contributed by atoms with Crippen molar-refractivity contribution >= 4 is 11.9 Å². The van der Waals surface area contributed by atoms with Crippen LogP contribution in [0.25, 0.3) is 0 Å². The molecule has 1 unspecified atom stereocenters. The summed E-state index contributed by atoms with van der Waals surface area (Å²) in [6.07, 6.45) is 0.873. The van der Waals surface area contributed by atoms with Crippen molar-refractivity contribution in [1.82, 2.24) is 4.90 Å². The van der Waals surface area contributed by atoms with E-state index in [9.17, 15) is 9.59 Å². The number of carbonyl (C=O) groups is 2. The molecule has 118 valence electrons. The molecule has 2 aromatic rings. The predicted octanol–water partition coefficient (Wildman–Crippen LogP) is 2.94. The van der Waals surface area contributed by atoms with Gasteiger partial charge in [0.1, 0.15) is 6.04 Å². The number of hydrogen-bond acceptors (Lipinski definition) is 3. The van der Waals surface area contributed by atoms with Crippen LogP contribution in [0.2, 0.25) is 0 Å². The minimum atomic E-state index is -0.530. The zero-order valence-corrected chi connectivity index (χ0v) is 13.0. The lowest BCUT2D eigenvalue weighted by Gasteiger charge is -2.32. The van der Waals surface area contributed by atoms with Gasteiger partial charge in [-0.3, -0.25) is 4.79 Å². The van der Waals surface area contributed by atoms with Crippen LogP contribution in [-0.2, 0) is 14.3 Å². The topological polar surface area (TPSA) is 46.6 Å². The van der Waals surface area contributed by atoms with E-state index in [4.69, 9.17) is 4.74 Å². The Kier molecular flexibility index (Phi) is 4.42. The Morgan fingerprint density at radius 2 is 1.57 bits per heavy atom. The van der Waals surface area contributed by atoms with Gasteiger partial charge in [0.15, 0.2) is 0 Å². The highest BCUT2D eigenvalue weighted by atomic mass is 16.5. The minimum Gasteiger partial charge on any atom is -0.467 e. The first-order chi connectivity index (χ1) is 11.2. The first kappa shape index (κ1) is 15.3. The molecule has 1 amide bonds. The van der Waals surface area contributed by atoms with E-state index in [2.05, 4.69) is 0 Å². The molecule has 3 rings (SSSR count). The number of nitrogens with zero attached hydrogens (tertiary/aromatic N) is 1. The largest absolute Gasteiger partial charge is 0.467 e. The summed E-state index contributed by atoms with van der Waals surface area (Å²) >= 11 is 0. The maximum absolute atomic E-state index is 12.5. The van der Waals surface area contributed by atoms with Crippen molar-refractivity contribution in [1.29, 1.82) is 0 Å². The van der Waals surface area contributed by atoms with Gasteiger partial charge >= 0.3 is 5.97 Å². The van der Waals surface area contributed by atoms with Gasteiger partial charge in [-0.05, 0) is 17.5 Å². The zero-order valence-electron chi connectivity index (χ0n) is 13.0. The molecule has 4 nitrogen and oxygen atoms in total. The molecule has 4 heteroatoms. The van der Waals surface area contributed by atoms with Crippen LogP contribution < -0.4 is 0 Å². The molecular formula is C19H19NO3. The van der Waals surface area contributed by atoms with E-state index in [1.807, 2.05) is 60.7 Å². The van der Waals surface area contributed by atoms with E-state index in [1.54, 1.807) is 4.90 Å². The van der Waals surface area contributed by atoms with Crippen LogP contribution in [0.3, 0.4) is 0 Å². The highest BCUT2D eigenvalue weighted by Crippen LogP contribution is 2.35. The molecule has 0 radical (unpaired) electrons. The third kappa shape index (κ3) is 2.97. The van der Waals surface area contributed by atoms with Gasteiger partial charge in [-0.15, -0.1) is 0 Å². The van der Waals surface area contributed by atoms with Gasteiger partial charge in [-0.2, -0.15) is 0 Å². The van der Waals surface area contributed by atoms with Gasteiger partial charge in [0.2, 0.25) is 5.91 Å². The lowest BCUT2D eigenvalue weighted by molar-refractivity contribution is -0.150. The van der Waals surface area contributed by atoms with Gasteiger partial charge in [0.25, 0.3) is 0 Å². The lowest BCUT2D eigenvalue weighted by atomic mass is 9.96. The smallest absolute Gasteiger partial charge is 0.328 e. The van der Waals surface area contributed by atoms with Crippen LogP contribution in [-0.4, -0.2) is 29.9 Å². The van der Waals surface area contributed by atoms with Crippen LogP contribution >= 0.6 is 0 Å². The van der Waals surface area contributed by atoms with Crippen LogP contribution in [0.4, 0.5) is 0 Å². The van der Waals surface area contributed by atoms with Crippen molar-refractivity contribution in [2.24, 2.45) is 0 Å². The monoisotopic (exact) mass is 309 g/mol. The van der Waals surface area contributed by atoms with Gasteiger partial charge in [0.05, 0.1) is 13.2 Å². The Hall–Kier alpha value is -2.62. The Balaban J connectivity index is 2.07. The maximum atomic E-state index is 12.5. The van der Waals surface area contributed by atoms with E-state index in [1.165, 1.54) is 7.11 Å². The summed E-state index contributed by atoms with van der Waals surface area (Å²) in [5.74, 6) is -0.370. The summed E-state index contributed by atoms with van der Waals surface area (Å²) in [5.41, 5.74) is 1.98. The van der Waals surface area contributed by atoms with Crippen molar-refractivity contribution in [2.75, 3.05) is 7.11 Å². The maximum Gasteiger partial charge on any atom is 0.328 e. The molecular weight excluding hydrogens is 290 g/mol. The van der Waals surface area contributed by atoms with Gasteiger partial charge in [0, 0.05) is 6.42 Å². The summed E-state index contributed by atoms with van der Waals surface area (Å²) in [4.78, 5) is 26.3. The molecule has 0 spiro atoms. The predicted molar refractivity (Wildman–Crippen MR) is 86.6 cm³/mol. The SMILES string of the molecule is COC(=O)C1CCC(=O)N1C(c1ccccc1)c1ccccc1. The van der Waals surface area contributed by atoms with Gasteiger partial charge in [-0.1, -0.05) is 60.7 Å². The van der Waals surface area contributed by atoms with Crippen molar-refractivity contribution in [3.05, 3.63) is 71.8 Å². The van der Waals surface area contributed by atoms with E-state index in [0.717, 1.165) is 11.1 Å². The molecule has 0 aromatic heterocycles. The molecule has 0 aliphatic carbocycles. The number of methoxy groups -OCH3 is 1. The van der Waals surface area contributed by atoms with E-state index < -0.39 is 6.04 Å². The number of carbonyl (C=O) groups excluding carboxylic acids is 2. The van der Waals surface area contributed by atoms with E-state index in [-0.39, 0.29) is 17.9 Å². The molecule has 1 aliphatic heterocycles. The van der Waals surface area contributed by atoms with Gasteiger partial charge < -0.3 is 9.64 Å².